The van der Waals surface area contributed by atoms with Gasteiger partial charge in [-0.2, -0.15) is 0 Å². The van der Waals surface area contributed by atoms with E-state index >= 15 is 0 Å². The summed E-state index contributed by atoms with van der Waals surface area (Å²) >= 11 is 0. The molecule has 2 atom stereocenters. The van der Waals surface area contributed by atoms with Gasteiger partial charge in [-0.1, -0.05) is 6.08 Å². The molecule has 2 rings (SSSR count). The Bertz CT molecular complexity index is 275. The largest absolute Gasteiger partial charge is 0.338 e. The van der Waals surface area contributed by atoms with Gasteiger partial charge in [-0.3, -0.25) is 9.69 Å². The molecule has 0 radical (unpaired) electrons. The molecule has 3 heteroatoms. The number of rotatable bonds is 3. The van der Waals surface area contributed by atoms with Gasteiger partial charge in [0.05, 0.1) is 5.92 Å². The summed E-state index contributed by atoms with van der Waals surface area (Å²) in [5, 5.41) is 0. The van der Waals surface area contributed by atoms with Crippen LogP contribution in [0.1, 0.15) is 13.8 Å². The zero-order valence-electron chi connectivity index (χ0n) is 9.65. The predicted octanol–water partition coefficient (Wildman–Crippen LogP) is 0.971. The van der Waals surface area contributed by atoms with Gasteiger partial charge in [0.2, 0.25) is 5.91 Å². The summed E-state index contributed by atoms with van der Waals surface area (Å²) in [5.41, 5.74) is 0. The van der Waals surface area contributed by atoms with E-state index in [1.165, 1.54) is 0 Å². The fourth-order valence-corrected chi connectivity index (χ4v) is 2.72. The Labute approximate surface area is 91.7 Å². The van der Waals surface area contributed by atoms with Crippen molar-refractivity contribution in [3.8, 4) is 0 Å². The van der Waals surface area contributed by atoms with Gasteiger partial charge in [-0.15, -0.1) is 6.58 Å². The highest BCUT2D eigenvalue weighted by molar-refractivity contribution is 5.82. The summed E-state index contributed by atoms with van der Waals surface area (Å²) in [4.78, 5) is 16.4. The minimum atomic E-state index is 0.257. The number of likely N-dealkylation sites (tertiary alicyclic amines) is 2. The smallest absolute Gasteiger partial charge is 0.227 e. The monoisotopic (exact) mass is 208 g/mol. The molecular weight excluding hydrogens is 188 g/mol. The average Bonchev–Trinajstić information content (AvgIpc) is 2.69. The third-order valence-electron chi connectivity index (χ3n) is 3.63. The molecule has 0 aromatic carbocycles. The van der Waals surface area contributed by atoms with Crippen molar-refractivity contribution < 1.29 is 4.79 Å². The van der Waals surface area contributed by atoms with Gasteiger partial charge in [0, 0.05) is 38.1 Å². The molecule has 2 aliphatic heterocycles. The molecule has 15 heavy (non-hydrogen) atoms. The maximum atomic E-state index is 12.0. The van der Waals surface area contributed by atoms with Gasteiger partial charge in [0.1, 0.15) is 0 Å². The molecule has 2 heterocycles. The zero-order valence-corrected chi connectivity index (χ0v) is 9.65. The van der Waals surface area contributed by atoms with Gasteiger partial charge in [0.15, 0.2) is 0 Å². The van der Waals surface area contributed by atoms with Crippen molar-refractivity contribution in [3.63, 3.8) is 0 Å². The Kier molecular flexibility index (Phi) is 2.83. The van der Waals surface area contributed by atoms with Crippen molar-refractivity contribution in [3.05, 3.63) is 12.7 Å². The van der Waals surface area contributed by atoms with Crippen LogP contribution in [0.15, 0.2) is 12.7 Å². The number of hydrogen-bond donors (Lipinski definition) is 0. The predicted molar refractivity (Wildman–Crippen MR) is 60.5 cm³/mol. The van der Waals surface area contributed by atoms with Crippen LogP contribution in [0.4, 0.5) is 0 Å². The van der Waals surface area contributed by atoms with E-state index in [0.717, 1.165) is 19.6 Å². The molecule has 0 unspecified atom stereocenters. The van der Waals surface area contributed by atoms with Crippen LogP contribution < -0.4 is 0 Å². The molecule has 0 aromatic heterocycles. The van der Waals surface area contributed by atoms with Crippen LogP contribution in [-0.4, -0.2) is 47.9 Å². The first-order valence-electron chi connectivity index (χ1n) is 5.77. The lowest BCUT2D eigenvalue weighted by molar-refractivity contribution is -0.130. The van der Waals surface area contributed by atoms with Gasteiger partial charge >= 0.3 is 0 Å². The number of carbonyl (C=O) groups is 1. The topological polar surface area (TPSA) is 23.6 Å². The van der Waals surface area contributed by atoms with Crippen molar-refractivity contribution in [1.29, 1.82) is 0 Å². The van der Waals surface area contributed by atoms with E-state index in [4.69, 9.17) is 0 Å². The first-order chi connectivity index (χ1) is 7.13. The van der Waals surface area contributed by atoms with Crippen LogP contribution >= 0.6 is 0 Å². The Hall–Kier alpha value is -0.830. The van der Waals surface area contributed by atoms with E-state index in [1.54, 1.807) is 0 Å². The van der Waals surface area contributed by atoms with Crippen molar-refractivity contribution in [2.75, 3.05) is 26.2 Å². The summed E-state index contributed by atoms with van der Waals surface area (Å²) in [6.45, 7) is 11.8. The van der Waals surface area contributed by atoms with Crippen LogP contribution in [-0.2, 0) is 4.79 Å². The van der Waals surface area contributed by atoms with E-state index < -0.39 is 0 Å². The Morgan fingerprint density at radius 1 is 1.47 bits per heavy atom. The molecule has 0 N–H and O–H groups in total. The number of carbonyl (C=O) groups excluding carboxylic acids is 1. The fourth-order valence-electron chi connectivity index (χ4n) is 2.72. The summed E-state index contributed by atoms with van der Waals surface area (Å²) < 4.78 is 0. The second-order valence-electron chi connectivity index (χ2n) is 4.95. The Morgan fingerprint density at radius 2 is 2.20 bits per heavy atom. The van der Waals surface area contributed by atoms with Crippen LogP contribution in [0.3, 0.4) is 0 Å². The molecule has 1 amide bonds. The summed E-state index contributed by atoms with van der Waals surface area (Å²) in [6, 6.07) is 0.566. The minimum absolute atomic E-state index is 0.257. The first kappa shape index (κ1) is 10.7. The second-order valence-corrected chi connectivity index (χ2v) is 4.95. The first-order valence-corrected chi connectivity index (χ1v) is 5.77. The van der Waals surface area contributed by atoms with Crippen LogP contribution in [0, 0.1) is 11.8 Å². The number of nitrogens with zero attached hydrogens (tertiary/aromatic N) is 2. The van der Waals surface area contributed by atoms with E-state index in [2.05, 4.69) is 25.3 Å². The number of hydrogen-bond acceptors (Lipinski definition) is 2. The zero-order chi connectivity index (χ0) is 11.0. The summed E-state index contributed by atoms with van der Waals surface area (Å²) in [7, 11) is 0. The lowest BCUT2D eigenvalue weighted by Gasteiger charge is -2.23. The molecule has 0 aromatic rings. The maximum Gasteiger partial charge on any atom is 0.227 e. The van der Waals surface area contributed by atoms with Crippen molar-refractivity contribution in [2.45, 2.75) is 19.9 Å². The third kappa shape index (κ3) is 1.81. The van der Waals surface area contributed by atoms with Crippen LogP contribution in [0.25, 0.3) is 0 Å². The highest BCUT2D eigenvalue weighted by atomic mass is 16.2. The normalized spacial score (nSPS) is 31.4. The highest BCUT2D eigenvalue weighted by Crippen LogP contribution is 2.32. The lowest BCUT2D eigenvalue weighted by Crippen LogP contribution is -2.35. The molecule has 0 aliphatic carbocycles. The molecule has 3 nitrogen and oxygen atoms in total. The van der Waals surface area contributed by atoms with Crippen LogP contribution in [0.5, 0.6) is 0 Å². The quantitative estimate of drug-likeness (QED) is 0.645. The number of amides is 1. The third-order valence-corrected chi connectivity index (χ3v) is 3.63. The fraction of sp³-hybridized carbons (Fsp3) is 0.750. The van der Waals surface area contributed by atoms with Gasteiger partial charge in [0.25, 0.3) is 0 Å². The van der Waals surface area contributed by atoms with Crippen molar-refractivity contribution in [2.24, 2.45) is 11.8 Å². The van der Waals surface area contributed by atoms with E-state index in [9.17, 15) is 4.79 Å². The molecule has 84 valence electrons. The molecule has 2 saturated heterocycles. The van der Waals surface area contributed by atoms with Gasteiger partial charge in [-0.25, -0.2) is 0 Å². The standard InChI is InChI=1S/C12H20N2O/c1-4-5-13-6-10-7-14(9(2)3)8-11(10)12(13)15/h4,9-11H,1,5-8H2,2-3H3/t10-,11+/m1/s1. The summed E-state index contributed by atoms with van der Waals surface area (Å²) in [5.74, 6) is 1.15. The highest BCUT2D eigenvalue weighted by Gasteiger charge is 2.45. The van der Waals surface area contributed by atoms with Crippen molar-refractivity contribution >= 4 is 5.91 Å². The van der Waals surface area contributed by atoms with E-state index in [0.29, 0.717) is 24.4 Å². The SMILES string of the molecule is C=CCN1C[C@@H]2CN(C(C)C)C[C@@H]2C1=O. The minimum Gasteiger partial charge on any atom is -0.338 e. The molecule has 0 spiro atoms. The Morgan fingerprint density at radius 3 is 2.73 bits per heavy atom. The molecule has 2 fully saturated rings. The molecule has 2 aliphatic rings. The van der Waals surface area contributed by atoms with Gasteiger partial charge in [-0.05, 0) is 13.8 Å². The van der Waals surface area contributed by atoms with Gasteiger partial charge < -0.3 is 4.90 Å². The Balaban J connectivity index is 2.00. The summed E-state index contributed by atoms with van der Waals surface area (Å²) in [6.07, 6.45) is 1.82. The number of fused-ring (bicyclic) bond motifs is 1. The van der Waals surface area contributed by atoms with Crippen LogP contribution in [0.2, 0.25) is 0 Å². The lowest BCUT2D eigenvalue weighted by atomic mass is 10.0. The molecule has 0 bridgehead atoms. The van der Waals surface area contributed by atoms with Crippen molar-refractivity contribution in [1.82, 2.24) is 9.80 Å². The molecule has 0 saturated carbocycles. The maximum absolute atomic E-state index is 12.0. The second kappa shape index (κ2) is 3.97. The molecular formula is C12H20N2O. The van der Waals surface area contributed by atoms with E-state index in [1.807, 2.05) is 11.0 Å². The van der Waals surface area contributed by atoms with E-state index in [-0.39, 0.29) is 5.92 Å². The average molecular weight is 208 g/mol.